The number of hydrogen-bond acceptors (Lipinski definition) is 5. The summed E-state index contributed by atoms with van der Waals surface area (Å²) in [4.78, 5) is 12.6. The molecule has 2 atom stereocenters. The zero-order chi connectivity index (χ0) is 15.8. The van der Waals surface area contributed by atoms with Crippen LogP contribution in [0.1, 0.15) is 33.1 Å². The van der Waals surface area contributed by atoms with Crippen molar-refractivity contribution in [2.75, 3.05) is 47.3 Å². The highest BCUT2D eigenvalue weighted by molar-refractivity contribution is 5.49. The second-order valence-electron chi connectivity index (χ2n) is 5.38. The van der Waals surface area contributed by atoms with Crippen LogP contribution in [0.5, 0.6) is 0 Å². The maximum absolute atomic E-state index is 10.2. The first-order chi connectivity index (χ1) is 9.56. The Morgan fingerprint density at radius 3 is 2.40 bits per heavy atom. The van der Waals surface area contributed by atoms with Crippen molar-refractivity contribution < 1.29 is 4.79 Å². The van der Waals surface area contributed by atoms with E-state index in [4.69, 9.17) is 5.73 Å². The van der Waals surface area contributed by atoms with Crippen LogP contribution in [0.2, 0.25) is 0 Å². The molecule has 0 aliphatic heterocycles. The molecule has 0 heterocycles. The summed E-state index contributed by atoms with van der Waals surface area (Å²) in [6, 6.07) is 0.542. The standard InChI is InChI=1S/C13H29N3O.C2H7N/c1-4-6-13(10-15-7-5-8-17)16(3)11-12(2)9-14;1-3-2/h8,12-13,15H,4-7,9-11,14H2,1-3H3;3H,1-2H3/t12-,13-;/m0./s1. The molecule has 0 fully saturated rings. The molecule has 0 aromatic rings. The Balaban J connectivity index is 0. The van der Waals surface area contributed by atoms with Crippen molar-refractivity contribution >= 4 is 6.29 Å². The number of likely N-dealkylation sites (N-methyl/N-ethyl adjacent to an activating group) is 1. The van der Waals surface area contributed by atoms with E-state index in [2.05, 4.69) is 36.4 Å². The summed E-state index contributed by atoms with van der Waals surface area (Å²) < 4.78 is 0. The highest BCUT2D eigenvalue weighted by Gasteiger charge is 2.15. The van der Waals surface area contributed by atoms with E-state index in [1.165, 1.54) is 12.8 Å². The molecule has 0 aliphatic carbocycles. The monoisotopic (exact) mass is 288 g/mol. The lowest BCUT2D eigenvalue weighted by molar-refractivity contribution is -0.107. The predicted molar refractivity (Wildman–Crippen MR) is 88.1 cm³/mol. The van der Waals surface area contributed by atoms with Crippen LogP contribution in [-0.4, -0.2) is 64.5 Å². The third-order valence-electron chi connectivity index (χ3n) is 3.07. The number of nitrogens with two attached hydrogens (primary N) is 1. The summed E-state index contributed by atoms with van der Waals surface area (Å²) >= 11 is 0. The zero-order valence-corrected chi connectivity index (χ0v) is 14.1. The molecule has 0 aliphatic rings. The Morgan fingerprint density at radius 1 is 1.35 bits per heavy atom. The van der Waals surface area contributed by atoms with Crippen LogP contribution in [0, 0.1) is 5.92 Å². The van der Waals surface area contributed by atoms with Gasteiger partial charge in [-0.2, -0.15) is 0 Å². The number of carbonyl (C=O) groups is 1. The first kappa shape index (κ1) is 21.8. The van der Waals surface area contributed by atoms with Crippen LogP contribution in [0.25, 0.3) is 0 Å². The molecule has 0 bridgehead atoms. The van der Waals surface area contributed by atoms with Crippen LogP contribution >= 0.6 is 0 Å². The van der Waals surface area contributed by atoms with E-state index in [0.29, 0.717) is 18.4 Å². The lowest BCUT2D eigenvalue weighted by Crippen LogP contribution is -2.43. The largest absolute Gasteiger partial charge is 0.330 e. The highest BCUT2D eigenvalue weighted by Crippen LogP contribution is 2.07. The third-order valence-corrected chi connectivity index (χ3v) is 3.07. The lowest BCUT2D eigenvalue weighted by atomic mass is 10.1. The third kappa shape index (κ3) is 13.9. The fraction of sp³-hybridized carbons (Fsp3) is 0.933. The Bertz CT molecular complexity index is 202. The smallest absolute Gasteiger partial charge is 0.121 e. The van der Waals surface area contributed by atoms with Gasteiger partial charge in [-0.3, -0.25) is 0 Å². The fourth-order valence-corrected chi connectivity index (χ4v) is 1.96. The fourth-order valence-electron chi connectivity index (χ4n) is 1.96. The van der Waals surface area contributed by atoms with Crippen LogP contribution < -0.4 is 16.4 Å². The molecular formula is C15H36N4O. The van der Waals surface area contributed by atoms with E-state index < -0.39 is 0 Å². The Morgan fingerprint density at radius 2 is 1.95 bits per heavy atom. The van der Waals surface area contributed by atoms with Crippen molar-refractivity contribution in [2.45, 2.75) is 39.2 Å². The van der Waals surface area contributed by atoms with Gasteiger partial charge in [0.2, 0.25) is 0 Å². The van der Waals surface area contributed by atoms with Gasteiger partial charge < -0.3 is 26.1 Å². The highest BCUT2D eigenvalue weighted by atomic mass is 16.1. The maximum atomic E-state index is 10.2. The molecule has 20 heavy (non-hydrogen) atoms. The summed E-state index contributed by atoms with van der Waals surface area (Å²) in [5, 5.41) is 6.09. The van der Waals surface area contributed by atoms with E-state index in [1.807, 2.05) is 14.1 Å². The van der Waals surface area contributed by atoms with Gasteiger partial charge in [0.15, 0.2) is 0 Å². The van der Waals surface area contributed by atoms with E-state index in [-0.39, 0.29) is 0 Å². The molecule has 0 aromatic heterocycles. The van der Waals surface area contributed by atoms with Gasteiger partial charge in [0.25, 0.3) is 0 Å². The Kier molecular flexibility index (Phi) is 18.1. The number of nitrogens with zero attached hydrogens (tertiary/aromatic N) is 1. The summed E-state index contributed by atoms with van der Waals surface area (Å²) in [6.07, 6.45) is 3.92. The van der Waals surface area contributed by atoms with E-state index in [1.54, 1.807) is 0 Å². The first-order valence-corrected chi connectivity index (χ1v) is 7.70. The molecule has 0 spiro atoms. The summed E-state index contributed by atoms with van der Waals surface area (Å²) in [7, 11) is 5.91. The van der Waals surface area contributed by atoms with Crippen LogP contribution in [-0.2, 0) is 4.79 Å². The van der Waals surface area contributed by atoms with Crippen molar-refractivity contribution in [2.24, 2.45) is 11.7 Å². The molecule has 122 valence electrons. The average Bonchev–Trinajstić information content (AvgIpc) is 2.42. The van der Waals surface area contributed by atoms with Crippen molar-refractivity contribution in [3.05, 3.63) is 0 Å². The number of carbonyl (C=O) groups excluding carboxylic acids is 1. The number of aldehydes is 1. The number of nitrogens with one attached hydrogen (secondary N) is 2. The van der Waals surface area contributed by atoms with Crippen molar-refractivity contribution in [1.82, 2.24) is 15.5 Å². The van der Waals surface area contributed by atoms with E-state index in [9.17, 15) is 4.79 Å². The van der Waals surface area contributed by atoms with Gasteiger partial charge in [-0.05, 0) is 40.0 Å². The van der Waals surface area contributed by atoms with Gasteiger partial charge in [-0.1, -0.05) is 20.3 Å². The van der Waals surface area contributed by atoms with E-state index >= 15 is 0 Å². The minimum atomic E-state index is 0.536. The van der Waals surface area contributed by atoms with Gasteiger partial charge in [-0.15, -0.1) is 0 Å². The molecule has 5 nitrogen and oxygen atoms in total. The molecule has 0 rings (SSSR count). The predicted octanol–water partition coefficient (Wildman–Crippen LogP) is 0.696. The summed E-state index contributed by atoms with van der Waals surface area (Å²) in [5.41, 5.74) is 5.65. The molecule has 0 aromatic carbocycles. The van der Waals surface area contributed by atoms with Gasteiger partial charge in [0.05, 0.1) is 0 Å². The molecule has 5 heteroatoms. The minimum Gasteiger partial charge on any atom is -0.330 e. The first-order valence-electron chi connectivity index (χ1n) is 7.70. The normalized spacial score (nSPS) is 13.6. The molecule has 4 N–H and O–H groups in total. The second-order valence-corrected chi connectivity index (χ2v) is 5.38. The Hall–Kier alpha value is -0.490. The zero-order valence-electron chi connectivity index (χ0n) is 14.1. The molecule has 0 unspecified atom stereocenters. The molecule has 0 radical (unpaired) electrons. The number of hydrogen-bond donors (Lipinski definition) is 3. The summed E-state index contributed by atoms with van der Waals surface area (Å²) in [5.74, 6) is 0.536. The van der Waals surface area contributed by atoms with Crippen molar-refractivity contribution in [3.63, 3.8) is 0 Å². The van der Waals surface area contributed by atoms with Gasteiger partial charge in [0, 0.05) is 32.1 Å². The van der Waals surface area contributed by atoms with Gasteiger partial charge in [0.1, 0.15) is 6.29 Å². The maximum Gasteiger partial charge on any atom is 0.121 e. The second kappa shape index (κ2) is 16.6. The van der Waals surface area contributed by atoms with Gasteiger partial charge >= 0.3 is 0 Å². The van der Waals surface area contributed by atoms with Gasteiger partial charge in [-0.25, -0.2) is 0 Å². The molecule has 0 amide bonds. The van der Waals surface area contributed by atoms with Crippen LogP contribution in [0.4, 0.5) is 0 Å². The minimum absolute atomic E-state index is 0.536. The number of rotatable bonds is 11. The SMILES string of the molecule is CCC[C@@H](CNCCC=O)N(C)C[C@@H](C)CN.CNC. The average molecular weight is 288 g/mol. The Labute approximate surface area is 125 Å². The molecular weight excluding hydrogens is 252 g/mol. The summed E-state index contributed by atoms with van der Waals surface area (Å²) in [6.45, 7) is 7.90. The molecule has 0 saturated carbocycles. The lowest BCUT2D eigenvalue weighted by Gasteiger charge is -2.30. The van der Waals surface area contributed by atoms with Crippen LogP contribution in [0.15, 0.2) is 0 Å². The topological polar surface area (TPSA) is 70.4 Å². The molecule has 0 saturated heterocycles. The van der Waals surface area contributed by atoms with Crippen molar-refractivity contribution in [1.29, 1.82) is 0 Å². The van der Waals surface area contributed by atoms with Crippen LogP contribution in [0.3, 0.4) is 0 Å². The van der Waals surface area contributed by atoms with Crippen molar-refractivity contribution in [3.8, 4) is 0 Å². The quantitative estimate of drug-likeness (QED) is 0.386. The van der Waals surface area contributed by atoms with E-state index in [0.717, 1.165) is 32.5 Å².